The molecule has 1 amide bonds. The summed E-state index contributed by atoms with van der Waals surface area (Å²) in [6.45, 7) is 1.42. The van der Waals surface area contributed by atoms with Crippen molar-refractivity contribution < 1.29 is 4.79 Å². The smallest absolute Gasteiger partial charge is 0.273 e. The van der Waals surface area contributed by atoms with Gasteiger partial charge >= 0.3 is 0 Å². The van der Waals surface area contributed by atoms with Gasteiger partial charge in [0.05, 0.1) is 6.20 Å². The predicted molar refractivity (Wildman–Crippen MR) is 56.2 cm³/mol. The van der Waals surface area contributed by atoms with Crippen molar-refractivity contribution in [3.8, 4) is 0 Å². The predicted octanol–water partition coefficient (Wildman–Crippen LogP) is 0.0536. The summed E-state index contributed by atoms with van der Waals surface area (Å²) in [6, 6.07) is 0. The molecule has 0 unspecified atom stereocenters. The summed E-state index contributed by atoms with van der Waals surface area (Å²) in [5.74, 6) is -0.178. The number of carbonyl (C=O) groups excluding carboxylic acids is 1. The first-order valence-electron chi connectivity index (χ1n) is 5.18. The van der Waals surface area contributed by atoms with Crippen LogP contribution in [-0.2, 0) is 0 Å². The fourth-order valence-electron chi connectivity index (χ4n) is 1.23. The van der Waals surface area contributed by atoms with Crippen molar-refractivity contribution in [1.82, 2.24) is 20.7 Å². The molecule has 4 N–H and O–H groups in total. The molecule has 0 aliphatic carbocycles. The molecule has 0 bridgehead atoms. The van der Waals surface area contributed by atoms with E-state index in [0.717, 1.165) is 32.2 Å². The van der Waals surface area contributed by atoms with E-state index in [4.69, 9.17) is 5.73 Å². The van der Waals surface area contributed by atoms with E-state index >= 15 is 0 Å². The molecule has 0 atom stereocenters. The lowest BCUT2D eigenvalue weighted by Gasteiger charge is -2.02. The molecule has 0 aliphatic heterocycles. The number of aromatic amines is 1. The molecule has 15 heavy (non-hydrogen) atoms. The maximum absolute atomic E-state index is 11.3. The Balaban J connectivity index is 2.03. The number of rotatable bonds is 7. The van der Waals surface area contributed by atoms with Gasteiger partial charge in [-0.3, -0.25) is 4.79 Å². The van der Waals surface area contributed by atoms with Gasteiger partial charge in [-0.25, -0.2) is 0 Å². The molecule has 1 heterocycles. The average Bonchev–Trinajstić information content (AvgIpc) is 2.76. The molecule has 0 saturated carbocycles. The van der Waals surface area contributed by atoms with E-state index in [1.807, 2.05) is 0 Å². The zero-order valence-electron chi connectivity index (χ0n) is 8.70. The molecule has 0 saturated heterocycles. The highest BCUT2D eigenvalue weighted by atomic mass is 16.1. The molecule has 1 rings (SSSR count). The van der Waals surface area contributed by atoms with E-state index in [1.54, 1.807) is 0 Å². The molecule has 0 fully saturated rings. The Morgan fingerprint density at radius 2 is 2.20 bits per heavy atom. The second-order valence-corrected chi connectivity index (χ2v) is 3.31. The standard InChI is InChI=1S/C9H17N5O/c10-5-3-1-2-4-6-11-9(15)8-7-12-14-13-8/h7H,1-6,10H2,(H,11,15)(H,12,13,14). The lowest BCUT2D eigenvalue weighted by Crippen LogP contribution is -2.24. The molecule has 0 radical (unpaired) electrons. The van der Waals surface area contributed by atoms with Gasteiger partial charge in [0.1, 0.15) is 0 Å². The maximum atomic E-state index is 11.3. The number of carbonyl (C=O) groups is 1. The van der Waals surface area contributed by atoms with Gasteiger partial charge in [0.2, 0.25) is 0 Å². The topological polar surface area (TPSA) is 96.7 Å². The first-order chi connectivity index (χ1) is 7.34. The highest BCUT2D eigenvalue weighted by Crippen LogP contribution is 1.97. The minimum Gasteiger partial charge on any atom is -0.351 e. The van der Waals surface area contributed by atoms with Gasteiger partial charge in [0.25, 0.3) is 5.91 Å². The van der Waals surface area contributed by atoms with E-state index in [-0.39, 0.29) is 5.91 Å². The third-order valence-electron chi connectivity index (χ3n) is 2.06. The van der Waals surface area contributed by atoms with Crippen LogP contribution in [0.2, 0.25) is 0 Å². The Hall–Kier alpha value is -1.43. The molecule has 0 aromatic carbocycles. The highest BCUT2D eigenvalue weighted by Gasteiger charge is 2.06. The van der Waals surface area contributed by atoms with Crippen molar-refractivity contribution in [1.29, 1.82) is 0 Å². The zero-order chi connectivity index (χ0) is 10.9. The number of unbranched alkanes of at least 4 members (excludes halogenated alkanes) is 3. The molecule has 0 spiro atoms. The SMILES string of the molecule is NCCCCCCNC(=O)c1cn[nH]n1. The van der Waals surface area contributed by atoms with Crippen molar-refractivity contribution in [3.05, 3.63) is 11.9 Å². The van der Waals surface area contributed by atoms with Crippen LogP contribution >= 0.6 is 0 Å². The number of aromatic nitrogens is 3. The molecule has 6 nitrogen and oxygen atoms in total. The van der Waals surface area contributed by atoms with E-state index in [2.05, 4.69) is 20.7 Å². The Bertz CT molecular complexity index is 272. The Morgan fingerprint density at radius 1 is 1.40 bits per heavy atom. The van der Waals surface area contributed by atoms with E-state index < -0.39 is 0 Å². The number of hydrogen-bond acceptors (Lipinski definition) is 4. The van der Waals surface area contributed by atoms with E-state index in [9.17, 15) is 4.79 Å². The van der Waals surface area contributed by atoms with Gasteiger partial charge in [-0.1, -0.05) is 12.8 Å². The number of nitrogens with two attached hydrogens (primary N) is 1. The van der Waals surface area contributed by atoms with Crippen LogP contribution in [0.25, 0.3) is 0 Å². The fraction of sp³-hybridized carbons (Fsp3) is 0.667. The Morgan fingerprint density at radius 3 is 2.87 bits per heavy atom. The van der Waals surface area contributed by atoms with Crippen LogP contribution in [0.4, 0.5) is 0 Å². The number of nitrogens with zero attached hydrogens (tertiary/aromatic N) is 2. The van der Waals surface area contributed by atoms with Crippen molar-refractivity contribution in [2.75, 3.05) is 13.1 Å². The van der Waals surface area contributed by atoms with Crippen molar-refractivity contribution in [3.63, 3.8) is 0 Å². The van der Waals surface area contributed by atoms with Crippen LogP contribution < -0.4 is 11.1 Å². The third-order valence-corrected chi connectivity index (χ3v) is 2.06. The lowest BCUT2D eigenvalue weighted by atomic mass is 10.2. The van der Waals surface area contributed by atoms with Crippen LogP contribution in [0.15, 0.2) is 6.20 Å². The Kier molecular flexibility index (Phi) is 5.39. The summed E-state index contributed by atoms with van der Waals surface area (Å²) in [6.07, 6.45) is 5.65. The lowest BCUT2D eigenvalue weighted by molar-refractivity contribution is 0.0948. The van der Waals surface area contributed by atoms with Crippen LogP contribution in [0, 0.1) is 0 Å². The van der Waals surface area contributed by atoms with E-state index in [0.29, 0.717) is 12.2 Å². The highest BCUT2D eigenvalue weighted by molar-refractivity contribution is 5.91. The zero-order valence-corrected chi connectivity index (χ0v) is 8.70. The van der Waals surface area contributed by atoms with Crippen molar-refractivity contribution >= 4 is 5.91 Å². The third kappa shape index (κ3) is 4.55. The fourth-order valence-corrected chi connectivity index (χ4v) is 1.23. The number of amides is 1. The van der Waals surface area contributed by atoms with Crippen molar-refractivity contribution in [2.45, 2.75) is 25.7 Å². The Labute approximate surface area is 88.6 Å². The van der Waals surface area contributed by atoms with Gasteiger partial charge in [-0.05, 0) is 19.4 Å². The first-order valence-corrected chi connectivity index (χ1v) is 5.18. The molecular formula is C9H17N5O. The second kappa shape index (κ2) is 6.94. The van der Waals surface area contributed by atoms with Gasteiger partial charge in [0.15, 0.2) is 5.69 Å². The number of nitrogens with one attached hydrogen (secondary N) is 2. The summed E-state index contributed by atoms with van der Waals surface area (Å²) < 4.78 is 0. The summed E-state index contributed by atoms with van der Waals surface area (Å²) in [4.78, 5) is 11.3. The van der Waals surface area contributed by atoms with E-state index in [1.165, 1.54) is 6.20 Å². The number of H-pyrrole nitrogens is 1. The van der Waals surface area contributed by atoms with Crippen LogP contribution in [0.3, 0.4) is 0 Å². The van der Waals surface area contributed by atoms with Crippen molar-refractivity contribution in [2.24, 2.45) is 5.73 Å². The van der Waals surface area contributed by atoms with Gasteiger partial charge < -0.3 is 11.1 Å². The molecule has 1 aromatic rings. The summed E-state index contributed by atoms with van der Waals surface area (Å²) in [5, 5.41) is 12.4. The molecule has 6 heteroatoms. The first kappa shape index (κ1) is 11.6. The minimum atomic E-state index is -0.178. The average molecular weight is 211 g/mol. The minimum absolute atomic E-state index is 0.178. The van der Waals surface area contributed by atoms with Crippen LogP contribution in [0.1, 0.15) is 36.2 Å². The summed E-state index contributed by atoms with van der Waals surface area (Å²) >= 11 is 0. The largest absolute Gasteiger partial charge is 0.351 e. The number of hydrogen-bond donors (Lipinski definition) is 3. The molecular weight excluding hydrogens is 194 g/mol. The van der Waals surface area contributed by atoms with Gasteiger partial charge in [0, 0.05) is 6.54 Å². The van der Waals surface area contributed by atoms with Gasteiger partial charge in [-0.15, -0.1) is 0 Å². The monoisotopic (exact) mass is 211 g/mol. The summed E-state index contributed by atoms with van der Waals surface area (Å²) in [5.41, 5.74) is 5.70. The quantitative estimate of drug-likeness (QED) is 0.555. The summed E-state index contributed by atoms with van der Waals surface area (Å²) in [7, 11) is 0. The second-order valence-electron chi connectivity index (χ2n) is 3.31. The van der Waals surface area contributed by atoms with Crippen LogP contribution in [-0.4, -0.2) is 34.4 Å². The molecule has 84 valence electrons. The molecule has 1 aromatic heterocycles. The van der Waals surface area contributed by atoms with Crippen LogP contribution in [0.5, 0.6) is 0 Å². The normalized spacial score (nSPS) is 10.2. The van der Waals surface area contributed by atoms with Gasteiger partial charge in [-0.2, -0.15) is 15.4 Å². The molecule has 0 aliphatic rings. The maximum Gasteiger partial charge on any atom is 0.273 e.